The van der Waals surface area contributed by atoms with Crippen LogP contribution in [0.25, 0.3) is 0 Å². The van der Waals surface area contributed by atoms with E-state index >= 15 is 0 Å². The summed E-state index contributed by atoms with van der Waals surface area (Å²) in [5.41, 5.74) is 6.58. The van der Waals surface area contributed by atoms with Crippen molar-refractivity contribution in [2.24, 2.45) is 5.73 Å². The average Bonchev–Trinajstić information content (AvgIpc) is 2.40. The first kappa shape index (κ1) is 20.0. The molecule has 4 N–H and O–H groups in total. The minimum Gasteiger partial charge on any atom is -0.481 e. The first-order valence-electron chi connectivity index (χ1n) is 6.18. The van der Waals surface area contributed by atoms with Gasteiger partial charge in [-0.2, -0.15) is 0 Å². The van der Waals surface area contributed by atoms with E-state index in [1.54, 1.807) is 19.9 Å². The fourth-order valence-electron chi connectivity index (χ4n) is 1.49. The van der Waals surface area contributed by atoms with Crippen molar-refractivity contribution in [1.82, 2.24) is 0 Å². The highest BCUT2D eigenvalue weighted by Crippen LogP contribution is 2.28. The monoisotopic (exact) mass is 376 g/mol. The van der Waals surface area contributed by atoms with Crippen molar-refractivity contribution in [2.75, 3.05) is 0 Å². The molecule has 9 heteroatoms. The number of carbonyl (C=O) groups is 2. The zero-order chi connectivity index (χ0) is 17.4. The summed E-state index contributed by atoms with van der Waals surface area (Å²) in [5, 5.41) is 26.9. The molecule has 0 aliphatic heterocycles. The van der Waals surface area contributed by atoms with Crippen LogP contribution in [-0.2, 0) is 9.59 Å². The average molecular weight is 377 g/mol. The lowest BCUT2D eigenvalue weighted by Gasteiger charge is -2.01. The SMILES string of the molecule is Cc1ccc(Br)c(C)c1[N+](=O)[O-].N[C@@H](CCC(=O)O)C(=O)O. The van der Waals surface area contributed by atoms with Gasteiger partial charge in [0.1, 0.15) is 6.04 Å². The summed E-state index contributed by atoms with van der Waals surface area (Å²) in [4.78, 5) is 30.1. The van der Waals surface area contributed by atoms with Crippen LogP contribution in [0.5, 0.6) is 0 Å². The van der Waals surface area contributed by atoms with Gasteiger partial charge in [0.05, 0.1) is 4.92 Å². The summed E-state index contributed by atoms with van der Waals surface area (Å²) in [6.45, 7) is 3.47. The summed E-state index contributed by atoms with van der Waals surface area (Å²) in [6, 6.07) is 2.49. The normalized spacial score (nSPS) is 11.1. The number of nitrogens with zero attached hydrogens (tertiary/aromatic N) is 1. The van der Waals surface area contributed by atoms with Gasteiger partial charge in [0.15, 0.2) is 0 Å². The van der Waals surface area contributed by atoms with E-state index in [0.29, 0.717) is 11.1 Å². The maximum atomic E-state index is 10.6. The molecule has 1 aromatic rings. The summed E-state index contributed by atoms with van der Waals surface area (Å²) in [5.74, 6) is -2.20. The van der Waals surface area contributed by atoms with E-state index in [9.17, 15) is 19.7 Å². The Kier molecular flexibility index (Phi) is 8.28. The molecular weight excluding hydrogens is 360 g/mol. The Morgan fingerprint density at radius 3 is 2.27 bits per heavy atom. The molecular formula is C13H17BrN2O6. The van der Waals surface area contributed by atoms with E-state index in [4.69, 9.17) is 15.9 Å². The van der Waals surface area contributed by atoms with Crippen LogP contribution in [0.2, 0.25) is 0 Å². The quantitative estimate of drug-likeness (QED) is 0.527. The largest absolute Gasteiger partial charge is 0.481 e. The lowest BCUT2D eigenvalue weighted by molar-refractivity contribution is -0.386. The Morgan fingerprint density at radius 1 is 1.36 bits per heavy atom. The Labute approximate surface area is 135 Å². The van der Waals surface area contributed by atoms with Crippen molar-refractivity contribution in [3.63, 3.8) is 0 Å². The van der Waals surface area contributed by atoms with Crippen molar-refractivity contribution in [2.45, 2.75) is 32.7 Å². The number of nitro benzene ring substituents is 1. The zero-order valence-electron chi connectivity index (χ0n) is 12.1. The molecule has 0 unspecified atom stereocenters. The maximum absolute atomic E-state index is 10.6. The van der Waals surface area contributed by atoms with Crippen LogP contribution >= 0.6 is 15.9 Å². The minimum absolute atomic E-state index is 0.0231. The third-order valence-corrected chi connectivity index (χ3v) is 3.59. The van der Waals surface area contributed by atoms with E-state index in [0.717, 1.165) is 4.47 Å². The van der Waals surface area contributed by atoms with Gasteiger partial charge in [-0.05, 0) is 26.3 Å². The molecule has 1 atom stereocenters. The van der Waals surface area contributed by atoms with Crippen molar-refractivity contribution in [1.29, 1.82) is 0 Å². The number of aryl methyl sites for hydroxylation is 1. The van der Waals surface area contributed by atoms with E-state index < -0.39 is 18.0 Å². The Morgan fingerprint density at radius 2 is 1.91 bits per heavy atom. The van der Waals surface area contributed by atoms with Crippen LogP contribution in [0.4, 0.5) is 5.69 Å². The lowest BCUT2D eigenvalue weighted by Crippen LogP contribution is -2.30. The second-order valence-electron chi connectivity index (χ2n) is 4.47. The number of nitro groups is 1. The second kappa shape index (κ2) is 9.11. The third kappa shape index (κ3) is 6.64. The van der Waals surface area contributed by atoms with Crippen molar-refractivity contribution < 1.29 is 24.7 Å². The molecule has 122 valence electrons. The van der Waals surface area contributed by atoms with E-state index in [-0.39, 0.29) is 23.5 Å². The second-order valence-corrected chi connectivity index (χ2v) is 5.33. The fourth-order valence-corrected chi connectivity index (χ4v) is 1.81. The molecule has 0 spiro atoms. The Bertz CT molecular complexity index is 576. The Hall–Kier alpha value is -2.00. The van der Waals surface area contributed by atoms with Crippen molar-refractivity contribution in [3.8, 4) is 0 Å². The van der Waals surface area contributed by atoms with Crippen LogP contribution in [0.3, 0.4) is 0 Å². The fraction of sp³-hybridized carbons (Fsp3) is 0.385. The number of halogens is 1. The van der Waals surface area contributed by atoms with Gasteiger partial charge in [0.25, 0.3) is 5.69 Å². The molecule has 0 amide bonds. The predicted molar refractivity (Wildman–Crippen MR) is 82.8 cm³/mol. The van der Waals surface area contributed by atoms with Gasteiger partial charge in [-0.3, -0.25) is 19.7 Å². The molecule has 0 bridgehead atoms. The molecule has 0 heterocycles. The molecule has 0 saturated carbocycles. The van der Waals surface area contributed by atoms with Gasteiger partial charge >= 0.3 is 11.9 Å². The number of hydrogen-bond donors (Lipinski definition) is 3. The van der Waals surface area contributed by atoms with Gasteiger partial charge in [-0.25, -0.2) is 0 Å². The lowest BCUT2D eigenvalue weighted by atomic mass is 10.1. The van der Waals surface area contributed by atoms with Crippen LogP contribution in [-0.4, -0.2) is 33.1 Å². The minimum atomic E-state index is -1.17. The highest BCUT2D eigenvalue weighted by molar-refractivity contribution is 9.10. The highest BCUT2D eigenvalue weighted by Gasteiger charge is 2.15. The number of nitrogens with two attached hydrogens (primary N) is 1. The smallest absolute Gasteiger partial charge is 0.320 e. The van der Waals surface area contributed by atoms with Gasteiger partial charge in [-0.1, -0.05) is 22.0 Å². The van der Waals surface area contributed by atoms with Gasteiger partial charge in [-0.15, -0.1) is 0 Å². The summed E-state index contributed by atoms with van der Waals surface area (Å²) in [6.07, 6.45) is -0.224. The van der Waals surface area contributed by atoms with E-state index in [1.165, 1.54) is 0 Å². The topological polar surface area (TPSA) is 144 Å². The Balaban J connectivity index is 0.000000409. The molecule has 1 aromatic carbocycles. The molecule has 0 radical (unpaired) electrons. The summed E-state index contributed by atoms with van der Waals surface area (Å²) in [7, 11) is 0. The highest BCUT2D eigenvalue weighted by atomic mass is 79.9. The molecule has 0 aliphatic rings. The van der Waals surface area contributed by atoms with Crippen LogP contribution in [0.15, 0.2) is 16.6 Å². The first-order chi connectivity index (χ1) is 10.1. The maximum Gasteiger partial charge on any atom is 0.320 e. The number of aliphatic carboxylic acids is 2. The molecule has 0 saturated heterocycles. The number of rotatable bonds is 5. The number of benzene rings is 1. The van der Waals surface area contributed by atoms with Gasteiger partial charge in [0.2, 0.25) is 0 Å². The predicted octanol–water partition coefficient (Wildman–Crippen LogP) is 2.24. The van der Waals surface area contributed by atoms with E-state index in [2.05, 4.69) is 15.9 Å². The third-order valence-electron chi connectivity index (χ3n) is 2.74. The van der Waals surface area contributed by atoms with Crippen LogP contribution in [0.1, 0.15) is 24.0 Å². The number of carboxylic acid groups (broad SMARTS) is 2. The molecule has 8 nitrogen and oxygen atoms in total. The first-order valence-corrected chi connectivity index (χ1v) is 6.97. The number of hydrogen-bond acceptors (Lipinski definition) is 5. The van der Waals surface area contributed by atoms with Crippen LogP contribution < -0.4 is 5.73 Å². The number of carboxylic acids is 2. The van der Waals surface area contributed by atoms with Crippen molar-refractivity contribution in [3.05, 3.63) is 37.8 Å². The molecule has 22 heavy (non-hydrogen) atoms. The zero-order valence-corrected chi connectivity index (χ0v) is 13.7. The molecule has 0 fully saturated rings. The summed E-state index contributed by atoms with van der Waals surface area (Å²) < 4.78 is 0.778. The standard InChI is InChI=1S/C8H8BrNO2.C5H9NO4/c1-5-3-4-7(9)6(2)8(5)10(11)12;6-3(5(9)10)1-2-4(7)8/h3-4H,1-2H3;3H,1-2,6H2,(H,7,8)(H,9,10)/t;3-/m.0/s1. The van der Waals surface area contributed by atoms with Gasteiger partial charge in [0, 0.05) is 22.0 Å². The van der Waals surface area contributed by atoms with Crippen LogP contribution in [0, 0.1) is 24.0 Å². The molecule has 1 rings (SSSR count). The van der Waals surface area contributed by atoms with Crippen molar-refractivity contribution >= 4 is 33.6 Å². The van der Waals surface area contributed by atoms with E-state index in [1.807, 2.05) is 6.07 Å². The molecule has 0 aromatic heterocycles. The molecule has 0 aliphatic carbocycles. The summed E-state index contributed by atoms with van der Waals surface area (Å²) >= 11 is 3.24. The van der Waals surface area contributed by atoms with Gasteiger partial charge < -0.3 is 15.9 Å².